The fraction of sp³-hybridized carbons (Fsp3) is 0.462. The average Bonchev–Trinajstić information content (AvgIpc) is 2.49. The second-order valence-electron chi connectivity index (χ2n) is 5.00. The molecule has 0 bridgehead atoms. The summed E-state index contributed by atoms with van der Waals surface area (Å²) in [5.41, 5.74) is 3.02. The van der Waals surface area contributed by atoms with Crippen LogP contribution in [0.15, 0.2) is 18.2 Å². The van der Waals surface area contributed by atoms with Crippen LogP contribution < -0.4 is 15.5 Å². The second kappa shape index (κ2) is 7.05. The molecule has 0 saturated carbocycles. The number of amides is 2. The topological polar surface area (TPSA) is 100.0 Å². The third-order valence-corrected chi connectivity index (χ3v) is 3.41. The molecule has 2 amide bonds. The van der Waals surface area contributed by atoms with Crippen molar-refractivity contribution >= 4 is 17.4 Å². The maximum Gasteiger partial charge on any atom is 0.333 e. The molecule has 1 fully saturated rings. The van der Waals surface area contributed by atoms with Crippen LogP contribution in [0.5, 0.6) is 5.75 Å². The number of urea groups is 1. The highest BCUT2D eigenvalue weighted by molar-refractivity contribution is 5.90. The van der Waals surface area contributed by atoms with Crippen LogP contribution in [0, 0.1) is 10.1 Å². The first-order valence-electron chi connectivity index (χ1n) is 6.83. The SMILES string of the molecule is COc1cc([N+](=O)[O-])ccc1NC(=O)NN1CCN(C)CC1. The van der Waals surface area contributed by atoms with E-state index in [4.69, 9.17) is 4.74 Å². The zero-order valence-corrected chi connectivity index (χ0v) is 12.5. The van der Waals surface area contributed by atoms with Gasteiger partial charge in [-0.15, -0.1) is 0 Å². The number of hydrazine groups is 1. The van der Waals surface area contributed by atoms with Crippen molar-refractivity contribution in [2.24, 2.45) is 0 Å². The Morgan fingerprint density at radius 1 is 1.32 bits per heavy atom. The Balaban J connectivity index is 1.97. The fourth-order valence-electron chi connectivity index (χ4n) is 2.11. The van der Waals surface area contributed by atoms with E-state index in [0.29, 0.717) is 5.69 Å². The zero-order chi connectivity index (χ0) is 16.1. The number of piperazine rings is 1. The van der Waals surface area contributed by atoms with Gasteiger partial charge >= 0.3 is 6.03 Å². The third kappa shape index (κ3) is 4.06. The number of carbonyl (C=O) groups excluding carboxylic acids is 1. The van der Waals surface area contributed by atoms with Crippen molar-refractivity contribution in [2.75, 3.05) is 45.7 Å². The van der Waals surface area contributed by atoms with Crippen LogP contribution >= 0.6 is 0 Å². The molecule has 0 spiro atoms. The lowest BCUT2D eigenvalue weighted by Crippen LogP contribution is -2.53. The van der Waals surface area contributed by atoms with E-state index in [1.54, 1.807) is 0 Å². The molecule has 1 aliphatic heterocycles. The predicted molar refractivity (Wildman–Crippen MR) is 80.9 cm³/mol. The van der Waals surface area contributed by atoms with E-state index in [0.717, 1.165) is 26.2 Å². The number of carbonyl (C=O) groups is 1. The molecule has 0 radical (unpaired) electrons. The summed E-state index contributed by atoms with van der Waals surface area (Å²) in [6.45, 7) is 3.23. The molecule has 2 rings (SSSR count). The molecule has 0 aliphatic carbocycles. The standard InChI is InChI=1S/C13H19N5O4/c1-16-5-7-17(8-6-16)15-13(19)14-11-4-3-10(18(20)21)9-12(11)22-2/h3-4,9H,5-8H2,1-2H3,(H2,14,15,19). The number of likely N-dealkylation sites (N-methyl/N-ethyl adjacent to an activating group) is 1. The maximum absolute atomic E-state index is 12.0. The largest absolute Gasteiger partial charge is 0.494 e. The summed E-state index contributed by atoms with van der Waals surface area (Å²) in [6, 6.07) is 3.62. The number of rotatable bonds is 4. The number of non-ortho nitro benzene ring substituents is 1. The monoisotopic (exact) mass is 309 g/mol. The van der Waals surface area contributed by atoms with E-state index in [1.165, 1.54) is 25.3 Å². The van der Waals surface area contributed by atoms with Crippen molar-refractivity contribution in [1.82, 2.24) is 15.3 Å². The quantitative estimate of drug-likeness (QED) is 0.633. The van der Waals surface area contributed by atoms with E-state index < -0.39 is 11.0 Å². The van der Waals surface area contributed by atoms with Gasteiger partial charge in [0.25, 0.3) is 5.69 Å². The molecule has 1 saturated heterocycles. The Labute approximate surface area is 127 Å². The van der Waals surface area contributed by atoms with Crippen LogP contribution in [0.3, 0.4) is 0 Å². The number of methoxy groups -OCH3 is 1. The highest BCUT2D eigenvalue weighted by Crippen LogP contribution is 2.28. The smallest absolute Gasteiger partial charge is 0.333 e. The highest BCUT2D eigenvalue weighted by atomic mass is 16.6. The summed E-state index contributed by atoms with van der Waals surface area (Å²) < 4.78 is 5.07. The van der Waals surface area contributed by atoms with Crippen LogP contribution in [0.25, 0.3) is 0 Å². The first-order chi connectivity index (χ1) is 10.5. The van der Waals surface area contributed by atoms with Crippen molar-refractivity contribution in [1.29, 1.82) is 0 Å². The maximum atomic E-state index is 12.0. The lowest BCUT2D eigenvalue weighted by molar-refractivity contribution is -0.384. The molecular weight excluding hydrogens is 290 g/mol. The van der Waals surface area contributed by atoms with Crippen LogP contribution in [-0.2, 0) is 0 Å². The summed E-state index contributed by atoms with van der Waals surface area (Å²) >= 11 is 0. The Morgan fingerprint density at radius 3 is 2.59 bits per heavy atom. The van der Waals surface area contributed by atoms with Gasteiger partial charge in [-0.3, -0.25) is 15.5 Å². The van der Waals surface area contributed by atoms with Crippen molar-refractivity contribution in [3.8, 4) is 5.75 Å². The molecule has 120 valence electrons. The molecule has 9 nitrogen and oxygen atoms in total. The molecule has 9 heteroatoms. The van der Waals surface area contributed by atoms with Crippen molar-refractivity contribution < 1.29 is 14.5 Å². The molecule has 0 aromatic heterocycles. The number of hydrogen-bond acceptors (Lipinski definition) is 6. The molecule has 0 unspecified atom stereocenters. The number of hydrogen-bond donors (Lipinski definition) is 2. The van der Waals surface area contributed by atoms with E-state index in [1.807, 2.05) is 12.1 Å². The van der Waals surface area contributed by atoms with Crippen LogP contribution in [0.4, 0.5) is 16.2 Å². The van der Waals surface area contributed by atoms with E-state index in [2.05, 4.69) is 15.6 Å². The molecule has 0 atom stereocenters. The van der Waals surface area contributed by atoms with Crippen LogP contribution in [-0.4, -0.2) is 61.2 Å². The Kier molecular flexibility index (Phi) is 5.12. The minimum atomic E-state index is -0.517. The molecule has 1 aromatic rings. The summed E-state index contributed by atoms with van der Waals surface area (Å²) in [6.07, 6.45) is 0. The Hall–Kier alpha value is -2.39. The first kappa shape index (κ1) is 16.0. The highest BCUT2D eigenvalue weighted by Gasteiger charge is 2.17. The number of nitrogens with one attached hydrogen (secondary N) is 2. The number of nitrogens with zero attached hydrogens (tertiary/aromatic N) is 3. The number of benzene rings is 1. The summed E-state index contributed by atoms with van der Waals surface area (Å²) in [5, 5.41) is 15.2. The summed E-state index contributed by atoms with van der Waals surface area (Å²) in [4.78, 5) is 24.4. The average molecular weight is 309 g/mol. The molecule has 2 N–H and O–H groups in total. The molecular formula is C13H19N5O4. The normalized spacial score (nSPS) is 16.1. The summed E-state index contributed by atoms with van der Waals surface area (Å²) in [7, 11) is 3.42. The lowest BCUT2D eigenvalue weighted by Gasteiger charge is -2.32. The molecule has 22 heavy (non-hydrogen) atoms. The van der Waals surface area contributed by atoms with Crippen molar-refractivity contribution in [3.05, 3.63) is 28.3 Å². The lowest BCUT2D eigenvalue weighted by atomic mass is 10.2. The molecule has 1 aliphatic rings. The summed E-state index contributed by atoms with van der Waals surface area (Å²) in [5.74, 6) is 0.239. The van der Waals surface area contributed by atoms with Gasteiger partial charge in [0.1, 0.15) is 5.75 Å². The Bertz CT molecular complexity index is 557. The van der Waals surface area contributed by atoms with Gasteiger partial charge in [0, 0.05) is 32.2 Å². The van der Waals surface area contributed by atoms with Gasteiger partial charge in [-0.25, -0.2) is 9.80 Å². The van der Waals surface area contributed by atoms with Crippen LogP contribution in [0.1, 0.15) is 0 Å². The van der Waals surface area contributed by atoms with E-state index in [-0.39, 0.29) is 11.4 Å². The van der Waals surface area contributed by atoms with Gasteiger partial charge in [0.15, 0.2) is 0 Å². The number of ether oxygens (including phenoxy) is 1. The first-order valence-corrected chi connectivity index (χ1v) is 6.83. The zero-order valence-electron chi connectivity index (χ0n) is 12.5. The minimum Gasteiger partial charge on any atom is -0.494 e. The second-order valence-corrected chi connectivity index (χ2v) is 5.00. The van der Waals surface area contributed by atoms with E-state index in [9.17, 15) is 14.9 Å². The van der Waals surface area contributed by atoms with Crippen LogP contribution in [0.2, 0.25) is 0 Å². The fourth-order valence-corrected chi connectivity index (χ4v) is 2.11. The van der Waals surface area contributed by atoms with Gasteiger partial charge in [-0.2, -0.15) is 0 Å². The van der Waals surface area contributed by atoms with Crippen molar-refractivity contribution in [3.63, 3.8) is 0 Å². The predicted octanol–water partition coefficient (Wildman–Crippen LogP) is 0.887. The van der Waals surface area contributed by atoms with Gasteiger partial charge in [0.05, 0.1) is 23.8 Å². The molecule has 1 aromatic carbocycles. The van der Waals surface area contributed by atoms with Crippen molar-refractivity contribution in [2.45, 2.75) is 0 Å². The van der Waals surface area contributed by atoms with Gasteiger partial charge in [0.2, 0.25) is 0 Å². The van der Waals surface area contributed by atoms with Gasteiger partial charge in [-0.1, -0.05) is 0 Å². The Morgan fingerprint density at radius 2 is 2.00 bits per heavy atom. The number of nitro groups is 1. The van der Waals surface area contributed by atoms with Gasteiger partial charge in [-0.05, 0) is 13.1 Å². The number of anilines is 1. The minimum absolute atomic E-state index is 0.0955. The third-order valence-electron chi connectivity index (χ3n) is 3.41. The van der Waals surface area contributed by atoms with E-state index >= 15 is 0 Å². The molecule has 1 heterocycles. The number of nitro benzene ring substituents is 1. The van der Waals surface area contributed by atoms with Gasteiger partial charge < -0.3 is 15.0 Å².